The third-order valence-corrected chi connectivity index (χ3v) is 4.16. The second kappa shape index (κ2) is 7.25. The van der Waals surface area contributed by atoms with Crippen molar-refractivity contribution in [2.24, 2.45) is 5.92 Å². The lowest BCUT2D eigenvalue weighted by Crippen LogP contribution is -2.37. The van der Waals surface area contributed by atoms with Crippen LogP contribution in [0.15, 0.2) is 24.3 Å². The van der Waals surface area contributed by atoms with E-state index >= 15 is 0 Å². The third-order valence-electron chi connectivity index (χ3n) is 4.16. The summed E-state index contributed by atoms with van der Waals surface area (Å²) < 4.78 is 5.32. The molecule has 2 unspecified atom stereocenters. The number of hydrogen-bond acceptors (Lipinski definition) is 3. The third kappa shape index (κ3) is 4.55. The normalized spacial score (nSPS) is 20.5. The Hall–Kier alpha value is -1.39. The Bertz CT molecular complexity index is 484. The number of rotatable bonds is 4. The summed E-state index contributed by atoms with van der Waals surface area (Å²) in [5.41, 5.74) is 2.15. The summed E-state index contributed by atoms with van der Waals surface area (Å²) in [6.07, 6.45) is 1.11. The molecule has 0 radical (unpaired) electrons. The molecular formula is C18H27NO3. The molecule has 1 heterocycles. The van der Waals surface area contributed by atoms with Crippen LogP contribution in [0.5, 0.6) is 0 Å². The van der Waals surface area contributed by atoms with Crippen LogP contribution < -0.4 is 5.32 Å². The second-order valence-electron chi connectivity index (χ2n) is 7.05. The lowest BCUT2D eigenvalue weighted by molar-refractivity contribution is -0.129. The van der Waals surface area contributed by atoms with Gasteiger partial charge in [-0.2, -0.15) is 0 Å². The first-order valence-corrected chi connectivity index (χ1v) is 8.02. The number of carbonyl (C=O) groups is 1. The predicted molar refractivity (Wildman–Crippen MR) is 86.7 cm³/mol. The zero-order valence-electron chi connectivity index (χ0n) is 13.8. The van der Waals surface area contributed by atoms with Crippen LogP contribution in [-0.4, -0.2) is 30.8 Å². The number of benzene rings is 1. The Morgan fingerprint density at radius 1 is 1.36 bits per heavy atom. The fourth-order valence-electron chi connectivity index (χ4n) is 2.61. The molecule has 22 heavy (non-hydrogen) atoms. The summed E-state index contributed by atoms with van der Waals surface area (Å²) in [5, 5.41) is 13.0. The van der Waals surface area contributed by atoms with Gasteiger partial charge in [-0.3, -0.25) is 4.79 Å². The molecule has 0 aromatic heterocycles. The monoisotopic (exact) mass is 305 g/mol. The van der Waals surface area contributed by atoms with E-state index in [1.54, 1.807) is 0 Å². The SMILES string of the molecule is CC(C)(C)c1ccc(C(O)CNC(=O)C2CCCOC2)cc1. The summed E-state index contributed by atoms with van der Waals surface area (Å²) in [7, 11) is 0. The standard InChI is InChI=1S/C18H27NO3/c1-18(2,3)15-8-6-13(7-9-15)16(20)11-19-17(21)14-5-4-10-22-12-14/h6-9,14,16,20H,4-5,10-12H2,1-3H3,(H,19,21). The van der Waals surface area contributed by atoms with Crippen LogP contribution in [0, 0.1) is 5.92 Å². The molecule has 2 atom stereocenters. The van der Waals surface area contributed by atoms with Crippen molar-refractivity contribution in [3.8, 4) is 0 Å². The van der Waals surface area contributed by atoms with Gasteiger partial charge in [0, 0.05) is 13.2 Å². The molecular weight excluding hydrogens is 278 g/mol. The van der Waals surface area contributed by atoms with Crippen molar-refractivity contribution < 1.29 is 14.6 Å². The summed E-state index contributed by atoms with van der Waals surface area (Å²) in [6.45, 7) is 7.94. The molecule has 0 bridgehead atoms. The van der Waals surface area contributed by atoms with Crippen molar-refractivity contribution in [3.63, 3.8) is 0 Å². The van der Waals surface area contributed by atoms with Gasteiger partial charge in [0.05, 0.1) is 18.6 Å². The predicted octanol–water partition coefficient (Wildman–Crippen LogP) is 2.56. The molecule has 1 aromatic rings. The zero-order chi connectivity index (χ0) is 16.2. The largest absolute Gasteiger partial charge is 0.387 e. The maximum atomic E-state index is 12.0. The smallest absolute Gasteiger partial charge is 0.225 e. The number of hydrogen-bond donors (Lipinski definition) is 2. The van der Waals surface area contributed by atoms with Crippen LogP contribution >= 0.6 is 0 Å². The molecule has 1 saturated heterocycles. The van der Waals surface area contributed by atoms with Gasteiger partial charge in [0.1, 0.15) is 0 Å². The lowest BCUT2D eigenvalue weighted by atomic mass is 9.86. The first kappa shape index (κ1) is 17.0. The summed E-state index contributed by atoms with van der Waals surface area (Å²) in [5.74, 6) is -0.103. The number of nitrogens with one attached hydrogen (secondary N) is 1. The molecule has 4 heteroatoms. The minimum atomic E-state index is -0.678. The van der Waals surface area contributed by atoms with Gasteiger partial charge in [0.15, 0.2) is 0 Å². The molecule has 0 spiro atoms. The van der Waals surface area contributed by atoms with E-state index in [0.717, 1.165) is 25.0 Å². The summed E-state index contributed by atoms with van der Waals surface area (Å²) in [6, 6.07) is 7.94. The molecule has 0 aliphatic carbocycles. The molecule has 2 rings (SSSR count). The molecule has 1 aliphatic heterocycles. The van der Waals surface area contributed by atoms with Crippen molar-refractivity contribution in [1.29, 1.82) is 0 Å². The number of carbonyl (C=O) groups excluding carboxylic acids is 1. The molecule has 1 fully saturated rings. The van der Waals surface area contributed by atoms with E-state index in [1.165, 1.54) is 5.56 Å². The highest BCUT2D eigenvalue weighted by Crippen LogP contribution is 2.24. The van der Waals surface area contributed by atoms with Crippen LogP contribution in [-0.2, 0) is 14.9 Å². The number of amides is 1. The number of ether oxygens (including phenoxy) is 1. The van der Waals surface area contributed by atoms with Crippen LogP contribution in [0.2, 0.25) is 0 Å². The summed E-state index contributed by atoms with van der Waals surface area (Å²) >= 11 is 0. The van der Waals surface area contributed by atoms with E-state index in [1.807, 2.05) is 24.3 Å². The van der Waals surface area contributed by atoms with Gasteiger partial charge < -0.3 is 15.2 Å². The zero-order valence-corrected chi connectivity index (χ0v) is 13.8. The first-order chi connectivity index (χ1) is 10.4. The van der Waals surface area contributed by atoms with Crippen molar-refractivity contribution in [1.82, 2.24) is 5.32 Å². The van der Waals surface area contributed by atoms with Gasteiger partial charge in [-0.05, 0) is 29.4 Å². The fourth-order valence-corrected chi connectivity index (χ4v) is 2.61. The van der Waals surface area contributed by atoms with E-state index in [0.29, 0.717) is 6.61 Å². The van der Waals surface area contributed by atoms with Gasteiger partial charge in [-0.15, -0.1) is 0 Å². The Kier molecular flexibility index (Phi) is 5.59. The average Bonchev–Trinajstić information content (AvgIpc) is 2.52. The second-order valence-corrected chi connectivity index (χ2v) is 7.05. The highest BCUT2D eigenvalue weighted by atomic mass is 16.5. The quantitative estimate of drug-likeness (QED) is 0.899. The minimum Gasteiger partial charge on any atom is -0.387 e. The van der Waals surface area contributed by atoms with Crippen LogP contribution in [0.3, 0.4) is 0 Å². The van der Waals surface area contributed by atoms with E-state index in [-0.39, 0.29) is 23.8 Å². The highest BCUT2D eigenvalue weighted by Gasteiger charge is 2.22. The van der Waals surface area contributed by atoms with Crippen molar-refractivity contribution >= 4 is 5.91 Å². The van der Waals surface area contributed by atoms with E-state index in [2.05, 4.69) is 26.1 Å². The lowest BCUT2D eigenvalue weighted by Gasteiger charge is -2.22. The highest BCUT2D eigenvalue weighted by molar-refractivity contribution is 5.78. The van der Waals surface area contributed by atoms with E-state index < -0.39 is 6.10 Å². The van der Waals surface area contributed by atoms with Gasteiger partial charge in [0.25, 0.3) is 0 Å². The Labute approximate surface area is 132 Å². The minimum absolute atomic E-state index is 0.0231. The van der Waals surface area contributed by atoms with E-state index in [4.69, 9.17) is 4.74 Å². The number of aliphatic hydroxyl groups is 1. The van der Waals surface area contributed by atoms with Crippen LogP contribution in [0.1, 0.15) is 50.8 Å². The Morgan fingerprint density at radius 3 is 2.59 bits per heavy atom. The molecule has 1 amide bonds. The molecule has 2 N–H and O–H groups in total. The summed E-state index contributed by atoms with van der Waals surface area (Å²) in [4.78, 5) is 12.0. The molecule has 4 nitrogen and oxygen atoms in total. The maximum Gasteiger partial charge on any atom is 0.225 e. The Balaban J connectivity index is 1.86. The van der Waals surface area contributed by atoms with Crippen LogP contribution in [0.4, 0.5) is 0 Å². The van der Waals surface area contributed by atoms with Crippen molar-refractivity contribution in [3.05, 3.63) is 35.4 Å². The number of aliphatic hydroxyl groups excluding tert-OH is 1. The molecule has 0 saturated carbocycles. The van der Waals surface area contributed by atoms with E-state index in [9.17, 15) is 9.90 Å². The maximum absolute atomic E-state index is 12.0. The van der Waals surface area contributed by atoms with Crippen molar-refractivity contribution in [2.75, 3.05) is 19.8 Å². The average molecular weight is 305 g/mol. The molecule has 122 valence electrons. The molecule has 1 aromatic carbocycles. The Morgan fingerprint density at radius 2 is 2.05 bits per heavy atom. The van der Waals surface area contributed by atoms with Crippen LogP contribution in [0.25, 0.3) is 0 Å². The van der Waals surface area contributed by atoms with Crippen molar-refractivity contribution in [2.45, 2.75) is 45.1 Å². The van der Waals surface area contributed by atoms with Gasteiger partial charge in [0.2, 0.25) is 5.91 Å². The van der Waals surface area contributed by atoms with Gasteiger partial charge in [-0.25, -0.2) is 0 Å². The first-order valence-electron chi connectivity index (χ1n) is 8.02. The van der Waals surface area contributed by atoms with Gasteiger partial charge >= 0.3 is 0 Å². The topological polar surface area (TPSA) is 58.6 Å². The molecule has 1 aliphatic rings. The fraction of sp³-hybridized carbons (Fsp3) is 0.611. The van der Waals surface area contributed by atoms with Gasteiger partial charge in [-0.1, -0.05) is 45.0 Å².